The summed E-state index contributed by atoms with van der Waals surface area (Å²) in [5, 5.41) is 0. The molecule has 0 saturated carbocycles. The largest absolute Gasteiger partial charge is 0.323 e. The number of hydrogen-bond donors (Lipinski definition) is 1. The number of aromatic nitrogens is 2. The molecule has 1 aromatic rings. The van der Waals surface area contributed by atoms with Gasteiger partial charge in [-0.2, -0.15) is 0 Å². The zero-order valence-corrected chi connectivity index (χ0v) is 8.12. The molecule has 0 aliphatic carbocycles. The van der Waals surface area contributed by atoms with Gasteiger partial charge in [-0.15, -0.1) is 5.92 Å². The molecule has 0 aromatic carbocycles. The van der Waals surface area contributed by atoms with Crippen molar-refractivity contribution in [2.24, 2.45) is 5.73 Å². The van der Waals surface area contributed by atoms with Crippen LogP contribution in [-0.2, 0) is 6.54 Å². The molecular weight excluding hydrogens is 162 g/mol. The molecule has 2 N–H and O–H groups in total. The van der Waals surface area contributed by atoms with Gasteiger partial charge in [-0.3, -0.25) is 0 Å². The van der Waals surface area contributed by atoms with Crippen LogP contribution < -0.4 is 5.73 Å². The Kier molecular flexibility index (Phi) is 3.53. The predicted octanol–water partition coefficient (Wildman–Crippen LogP) is 1.32. The van der Waals surface area contributed by atoms with Crippen molar-refractivity contribution in [3.63, 3.8) is 0 Å². The number of nitrogens with zero attached hydrogens (tertiary/aromatic N) is 2. The quantitative estimate of drug-likeness (QED) is 0.707. The Bertz CT molecular complexity index is 316. The van der Waals surface area contributed by atoms with Gasteiger partial charge in [0.25, 0.3) is 0 Å². The van der Waals surface area contributed by atoms with E-state index in [-0.39, 0.29) is 6.04 Å². The van der Waals surface area contributed by atoms with E-state index in [1.54, 1.807) is 6.33 Å². The Morgan fingerprint density at radius 3 is 3.08 bits per heavy atom. The molecule has 1 atom stereocenters. The van der Waals surface area contributed by atoms with Gasteiger partial charge in [0.05, 0.1) is 18.6 Å². The lowest BCUT2D eigenvalue weighted by Crippen LogP contribution is -2.13. The van der Waals surface area contributed by atoms with Crippen molar-refractivity contribution >= 4 is 0 Å². The van der Waals surface area contributed by atoms with Crippen LogP contribution >= 0.6 is 0 Å². The molecule has 3 nitrogen and oxygen atoms in total. The van der Waals surface area contributed by atoms with E-state index in [9.17, 15) is 0 Å². The fourth-order valence-corrected chi connectivity index (χ4v) is 1.15. The van der Waals surface area contributed by atoms with E-state index >= 15 is 0 Å². The first-order valence-corrected chi connectivity index (χ1v) is 4.44. The van der Waals surface area contributed by atoms with E-state index in [1.807, 2.05) is 17.7 Å². The number of imidazole rings is 1. The number of hydrogen-bond acceptors (Lipinski definition) is 2. The van der Waals surface area contributed by atoms with Crippen molar-refractivity contribution in [2.75, 3.05) is 0 Å². The van der Waals surface area contributed by atoms with E-state index in [0.29, 0.717) is 6.54 Å². The van der Waals surface area contributed by atoms with Crippen molar-refractivity contribution in [3.05, 3.63) is 18.2 Å². The molecule has 0 spiro atoms. The van der Waals surface area contributed by atoms with Crippen LogP contribution in [-0.4, -0.2) is 9.55 Å². The van der Waals surface area contributed by atoms with Gasteiger partial charge in [0.2, 0.25) is 0 Å². The highest BCUT2D eigenvalue weighted by atomic mass is 15.1. The minimum Gasteiger partial charge on any atom is -0.323 e. The molecule has 13 heavy (non-hydrogen) atoms. The van der Waals surface area contributed by atoms with Crippen molar-refractivity contribution in [3.8, 4) is 11.8 Å². The van der Waals surface area contributed by atoms with Gasteiger partial charge in [0.15, 0.2) is 0 Å². The summed E-state index contributed by atoms with van der Waals surface area (Å²) in [4.78, 5) is 4.06. The van der Waals surface area contributed by atoms with Crippen molar-refractivity contribution in [2.45, 2.75) is 32.9 Å². The van der Waals surface area contributed by atoms with Crippen molar-refractivity contribution < 1.29 is 0 Å². The van der Waals surface area contributed by atoms with Gasteiger partial charge in [0, 0.05) is 12.2 Å². The third-order valence-corrected chi connectivity index (χ3v) is 1.99. The van der Waals surface area contributed by atoms with Gasteiger partial charge in [0.1, 0.15) is 0 Å². The molecule has 0 bridgehead atoms. The molecule has 70 valence electrons. The fourth-order valence-electron chi connectivity index (χ4n) is 1.15. The lowest BCUT2D eigenvalue weighted by atomic mass is 10.2. The zero-order chi connectivity index (χ0) is 9.68. The Balaban J connectivity index is 2.80. The first-order valence-electron chi connectivity index (χ1n) is 4.44. The maximum absolute atomic E-state index is 5.90. The molecule has 0 aliphatic rings. The van der Waals surface area contributed by atoms with E-state index < -0.39 is 0 Å². The lowest BCUT2D eigenvalue weighted by Gasteiger charge is -2.10. The van der Waals surface area contributed by atoms with Crippen LogP contribution in [0.15, 0.2) is 12.5 Å². The average molecular weight is 177 g/mol. The highest BCUT2D eigenvalue weighted by molar-refractivity contribution is 5.07. The minimum absolute atomic E-state index is 0.0705. The fraction of sp³-hybridized carbons (Fsp3) is 0.500. The second kappa shape index (κ2) is 4.68. The summed E-state index contributed by atoms with van der Waals surface area (Å²) in [6.07, 6.45) is 4.51. The summed E-state index contributed by atoms with van der Waals surface area (Å²) in [5.74, 6) is 5.84. The Morgan fingerprint density at radius 2 is 2.46 bits per heavy atom. The predicted molar refractivity (Wildman–Crippen MR) is 52.9 cm³/mol. The summed E-state index contributed by atoms with van der Waals surface area (Å²) in [6, 6.07) is 0.0705. The average Bonchev–Trinajstić information content (AvgIpc) is 2.61. The van der Waals surface area contributed by atoms with Crippen molar-refractivity contribution in [1.29, 1.82) is 0 Å². The van der Waals surface area contributed by atoms with Crippen LogP contribution in [0.25, 0.3) is 0 Å². The van der Waals surface area contributed by atoms with Crippen LogP contribution in [0.3, 0.4) is 0 Å². The topological polar surface area (TPSA) is 43.8 Å². The Hall–Kier alpha value is -1.27. The van der Waals surface area contributed by atoms with Gasteiger partial charge >= 0.3 is 0 Å². The molecule has 0 fully saturated rings. The third kappa shape index (κ3) is 2.33. The van der Waals surface area contributed by atoms with Gasteiger partial charge in [-0.1, -0.05) is 12.8 Å². The number of nitrogens with two attached hydrogens (primary N) is 1. The molecular formula is C10H15N3. The first kappa shape index (κ1) is 9.82. The SMILES string of the molecule is CC#CCn1cncc1[C@H](N)CC. The summed E-state index contributed by atoms with van der Waals surface area (Å²) < 4.78 is 1.99. The smallest absolute Gasteiger partial charge is 0.0957 e. The number of rotatable bonds is 3. The standard InChI is InChI=1S/C10H15N3/c1-3-5-6-13-8-12-7-10(13)9(11)4-2/h7-9H,4,6,11H2,1-2H3/t9-/m1/s1. The molecule has 0 saturated heterocycles. The van der Waals surface area contributed by atoms with Crippen LogP contribution in [0, 0.1) is 11.8 Å². The first-order chi connectivity index (χ1) is 6.29. The van der Waals surface area contributed by atoms with E-state index in [0.717, 1.165) is 12.1 Å². The zero-order valence-electron chi connectivity index (χ0n) is 8.12. The molecule has 1 heterocycles. The minimum atomic E-state index is 0.0705. The van der Waals surface area contributed by atoms with Gasteiger partial charge in [-0.05, 0) is 13.3 Å². The maximum Gasteiger partial charge on any atom is 0.0957 e. The molecule has 0 radical (unpaired) electrons. The summed E-state index contributed by atoms with van der Waals surface area (Å²) >= 11 is 0. The second-order valence-electron chi connectivity index (χ2n) is 2.89. The summed E-state index contributed by atoms with van der Waals surface area (Å²) in [6.45, 7) is 4.57. The van der Waals surface area contributed by atoms with Crippen LogP contribution in [0.2, 0.25) is 0 Å². The molecule has 0 amide bonds. The monoisotopic (exact) mass is 177 g/mol. The summed E-state index contributed by atoms with van der Waals surface area (Å²) in [5.41, 5.74) is 6.96. The van der Waals surface area contributed by atoms with Crippen molar-refractivity contribution in [1.82, 2.24) is 9.55 Å². The lowest BCUT2D eigenvalue weighted by molar-refractivity contribution is 0.627. The van der Waals surface area contributed by atoms with Crippen LogP contribution in [0.5, 0.6) is 0 Å². The highest BCUT2D eigenvalue weighted by Crippen LogP contribution is 2.12. The van der Waals surface area contributed by atoms with Gasteiger partial charge in [-0.25, -0.2) is 4.98 Å². The van der Waals surface area contributed by atoms with E-state index in [2.05, 4.69) is 23.7 Å². The molecule has 0 unspecified atom stereocenters. The van der Waals surface area contributed by atoms with Crippen LogP contribution in [0.4, 0.5) is 0 Å². The molecule has 1 rings (SSSR count). The molecule has 0 aliphatic heterocycles. The normalized spacial score (nSPS) is 11.9. The third-order valence-electron chi connectivity index (χ3n) is 1.99. The van der Waals surface area contributed by atoms with E-state index in [4.69, 9.17) is 5.73 Å². The molecule has 3 heteroatoms. The molecule has 1 aromatic heterocycles. The summed E-state index contributed by atoms with van der Waals surface area (Å²) in [7, 11) is 0. The van der Waals surface area contributed by atoms with Crippen LogP contribution in [0.1, 0.15) is 32.0 Å². The second-order valence-corrected chi connectivity index (χ2v) is 2.89. The Morgan fingerprint density at radius 1 is 1.69 bits per heavy atom. The maximum atomic E-state index is 5.90. The van der Waals surface area contributed by atoms with Gasteiger partial charge < -0.3 is 10.3 Å². The Labute approximate surface area is 79.0 Å². The van der Waals surface area contributed by atoms with E-state index in [1.165, 1.54) is 0 Å². The highest BCUT2D eigenvalue weighted by Gasteiger charge is 2.07.